The molecule has 0 amide bonds. The van der Waals surface area contributed by atoms with Crippen molar-refractivity contribution in [1.29, 1.82) is 0 Å². The average Bonchev–Trinajstić information content (AvgIpc) is 2.75. The van der Waals surface area contributed by atoms with Gasteiger partial charge in [0.05, 0.1) is 6.61 Å². The van der Waals surface area contributed by atoms with Crippen LogP contribution in [0.3, 0.4) is 0 Å². The summed E-state index contributed by atoms with van der Waals surface area (Å²) >= 11 is 0. The van der Waals surface area contributed by atoms with Gasteiger partial charge in [-0.3, -0.25) is 0 Å². The molecule has 0 heterocycles. The molecule has 0 spiro atoms. The predicted octanol–water partition coefficient (Wildman–Crippen LogP) is 6.35. The molecule has 0 unspecified atom stereocenters. The first kappa shape index (κ1) is 24.1. The summed E-state index contributed by atoms with van der Waals surface area (Å²) in [4.78, 5) is 0. The minimum Gasteiger partial charge on any atom is -0.494 e. The van der Waals surface area contributed by atoms with Crippen molar-refractivity contribution in [3.05, 3.63) is 41.5 Å². The monoisotopic (exact) mass is 420 g/mol. The Balaban J connectivity index is 1.72. The number of ether oxygens (including phenoxy) is 1. The van der Waals surface area contributed by atoms with Crippen LogP contribution in [-0.4, -0.2) is 36.7 Å². The number of hydrogen-bond donors (Lipinski definition) is 0. The first-order valence-electron chi connectivity index (χ1n) is 11.0. The number of benzene rings is 1. The van der Waals surface area contributed by atoms with Crippen LogP contribution in [0.1, 0.15) is 70.3 Å². The molecule has 0 N–H and O–H groups in total. The smallest absolute Gasteiger partial charge is 0.494 e. The maximum absolute atomic E-state index is 5.91. The van der Waals surface area contributed by atoms with Crippen molar-refractivity contribution >= 4 is 8.80 Å². The van der Waals surface area contributed by atoms with E-state index in [1.165, 1.54) is 49.7 Å². The summed E-state index contributed by atoms with van der Waals surface area (Å²) in [6.07, 6.45) is 11.2. The maximum atomic E-state index is 5.91. The van der Waals surface area contributed by atoms with Gasteiger partial charge in [-0.1, -0.05) is 23.8 Å². The van der Waals surface area contributed by atoms with E-state index in [0.29, 0.717) is 12.5 Å². The van der Waals surface area contributed by atoms with E-state index in [0.717, 1.165) is 24.1 Å². The molecule has 0 aliphatic heterocycles. The van der Waals surface area contributed by atoms with Crippen LogP contribution < -0.4 is 4.74 Å². The fourth-order valence-corrected chi connectivity index (χ4v) is 5.95. The highest BCUT2D eigenvalue weighted by molar-refractivity contribution is 6.60. The molecule has 0 aromatic heterocycles. The lowest BCUT2D eigenvalue weighted by Crippen LogP contribution is -2.42. The van der Waals surface area contributed by atoms with Gasteiger partial charge in [-0.2, -0.15) is 0 Å². The molecule has 0 atom stereocenters. The van der Waals surface area contributed by atoms with Gasteiger partial charge < -0.3 is 18.0 Å². The van der Waals surface area contributed by atoms with E-state index >= 15 is 0 Å². The molecule has 4 nitrogen and oxygen atoms in total. The highest BCUT2D eigenvalue weighted by Gasteiger charge is 2.36. The Bertz CT molecular complexity index is 590. The Hall–Kier alpha value is -1.14. The Labute approximate surface area is 179 Å². The second kappa shape index (κ2) is 12.5. The molecule has 1 saturated carbocycles. The number of rotatable bonds is 12. The third kappa shape index (κ3) is 7.89. The molecule has 164 valence electrons. The average molecular weight is 421 g/mol. The van der Waals surface area contributed by atoms with Crippen molar-refractivity contribution in [1.82, 2.24) is 0 Å². The fourth-order valence-electron chi connectivity index (χ4n) is 4.26. The minimum atomic E-state index is -2.49. The maximum Gasteiger partial charge on any atom is 0.500 e. The van der Waals surface area contributed by atoms with Crippen LogP contribution in [0.4, 0.5) is 0 Å². The van der Waals surface area contributed by atoms with E-state index in [9.17, 15) is 0 Å². The fraction of sp³-hybridized carbons (Fsp3) is 0.667. The lowest BCUT2D eigenvalue weighted by Gasteiger charge is -2.28. The van der Waals surface area contributed by atoms with Crippen LogP contribution in [-0.2, 0) is 13.3 Å². The van der Waals surface area contributed by atoms with Gasteiger partial charge >= 0.3 is 8.80 Å². The van der Waals surface area contributed by atoms with Crippen molar-refractivity contribution < 1.29 is 18.0 Å². The van der Waals surface area contributed by atoms with Crippen molar-refractivity contribution in [2.24, 2.45) is 5.92 Å². The normalized spacial score (nSPS) is 19.8. The molecule has 2 rings (SSSR count). The molecule has 5 heteroatoms. The summed E-state index contributed by atoms with van der Waals surface area (Å²) in [5.74, 6) is 2.55. The molecule has 29 heavy (non-hydrogen) atoms. The van der Waals surface area contributed by atoms with Gasteiger partial charge in [0.15, 0.2) is 0 Å². The van der Waals surface area contributed by atoms with Gasteiger partial charge in [-0.05, 0) is 88.3 Å². The molecule has 0 radical (unpaired) electrons. The summed E-state index contributed by atoms with van der Waals surface area (Å²) in [6, 6.07) is 9.49. The first-order valence-corrected chi connectivity index (χ1v) is 13.0. The summed E-state index contributed by atoms with van der Waals surface area (Å²) in [6.45, 7) is 5.02. The molecule has 1 aliphatic rings. The summed E-state index contributed by atoms with van der Waals surface area (Å²) in [7, 11) is 2.45. The van der Waals surface area contributed by atoms with Gasteiger partial charge in [0.25, 0.3) is 0 Å². The lowest BCUT2D eigenvalue weighted by atomic mass is 9.77. The zero-order valence-corrected chi connectivity index (χ0v) is 20.0. The Morgan fingerprint density at radius 1 is 0.966 bits per heavy atom. The summed E-state index contributed by atoms with van der Waals surface area (Å²) in [5, 5.41) is 0. The summed E-state index contributed by atoms with van der Waals surface area (Å²) in [5.41, 5.74) is 2.91. The van der Waals surface area contributed by atoms with Crippen LogP contribution >= 0.6 is 0 Å². The van der Waals surface area contributed by atoms with Gasteiger partial charge in [0.2, 0.25) is 0 Å². The lowest BCUT2D eigenvalue weighted by molar-refractivity contribution is 0.121. The zero-order chi connectivity index (χ0) is 21.1. The third-order valence-corrected chi connectivity index (χ3v) is 8.99. The SMILES string of the molecule is CO[Si](CCCOc1ccc(C2CCC(CCC=C(C)C)CC2)cc1)(OC)OC. The van der Waals surface area contributed by atoms with Crippen molar-refractivity contribution in [3.63, 3.8) is 0 Å². The van der Waals surface area contributed by atoms with E-state index in [1.54, 1.807) is 21.3 Å². The largest absolute Gasteiger partial charge is 0.500 e. The minimum absolute atomic E-state index is 0.640. The van der Waals surface area contributed by atoms with Crippen molar-refractivity contribution in [2.75, 3.05) is 27.9 Å². The topological polar surface area (TPSA) is 36.9 Å². The van der Waals surface area contributed by atoms with Gasteiger partial charge in [-0.25, -0.2) is 0 Å². The first-order chi connectivity index (χ1) is 14.0. The Morgan fingerprint density at radius 2 is 1.59 bits per heavy atom. The van der Waals surface area contributed by atoms with Gasteiger partial charge in [-0.15, -0.1) is 0 Å². The summed E-state index contributed by atoms with van der Waals surface area (Å²) < 4.78 is 22.2. The van der Waals surface area contributed by atoms with Crippen molar-refractivity contribution in [3.8, 4) is 5.75 Å². The molecular weight excluding hydrogens is 380 g/mol. The van der Waals surface area contributed by atoms with E-state index in [2.05, 4.69) is 44.2 Å². The highest BCUT2D eigenvalue weighted by atomic mass is 28.4. The Kier molecular flexibility index (Phi) is 10.4. The van der Waals surface area contributed by atoms with Crippen molar-refractivity contribution in [2.45, 2.75) is 70.8 Å². The standard InChI is InChI=1S/C24H40O4Si/c1-20(2)8-6-9-21-10-12-22(13-11-21)23-14-16-24(17-15-23)28-18-7-19-29(25-3,26-4)27-5/h8,14-17,21-22H,6-7,9-13,18-19H2,1-5H3. The molecule has 1 aliphatic carbocycles. The Morgan fingerprint density at radius 3 is 2.14 bits per heavy atom. The second-order valence-electron chi connectivity index (χ2n) is 8.39. The molecule has 1 aromatic rings. The predicted molar refractivity (Wildman–Crippen MR) is 122 cm³/mol. The van der Waals surface area contributed by atoms with Crippen LogP contribution in [0.2, 0.25) is 6.04 Å². The quantitative estimate of drug-likeness (QED) is 0.224. The van der Waals surface area contributed by atoms with Crippen LogP contribution in [0.25, 0.3) is 0 Å². The second-order valence-corrected chi connectivity index (χ2v) is 11.5. The third-order valence-electron chi connectivity index (χ3n) is 6.15. The van der Waals surface area contributed by atoms with E-state index in [-0.39, 0.29) is 0 Å². The van der Waals surface area contributed by atoms with E-state index in [1.807, 2.05) is 0 Å². The highest BCUT2D eigenvalue weighted by Crippen LogP contribution is 2.38. The number of hydrogen-bond acceptors (Lipinski definition) is 4. The van der Waals surface area contributed by atoms with Gasteiger partial charge in [0, 0.05) is 27.4 Å². The molecule has 1 fully saturated rings. The zero-order valence-electron chi connectivity index (χ0n) is 19.0. The van der Waals surface area contributed by atoms with Gasteiger partial charge in [0.1, 0.15) is 5.75 Å². The van der Waals surface area contributed by atoms with E-state index in [4.69, 9.17) is 18.0 Å². The molecule has 1 aromatic carbocycles. The van der Waals surface area contributed by atoms with Crippen LogP contribution in [0, 0.1) is 5.92 Å². The van der Waals surface area contributed by atoms with Crippen LogP contribution in [0.5, 0.6) is 5.75 Å². The number of allylic oxidation sites excluding steroid dienone is 2. The molecule has 0 bridgehead atoms. The van der Waals surface area contributed by atoms with E-state index < -0.39 is 8.80 Å². The molecule has 0 saturated heterocycles. The molecular formula is C24H40O4Si. The van der Waals surface area contributed by atoms with Crippen LogP contribution in [0.15, 0.2) is 35.9 Å².